The molecule has 5 nitrogen and oxygen atoms in total. The number of nitrogens with zero attached hydrogens (tertiary/aromatic N) is 2. The molecule has 2 aromatic rings. The summed E-state index contributed by atoms with van der Waals surface area (Å²) in [5, 5.41) is 4.02. The van der Waals surface area contributed by atoms with Crippen LogP contribution in [0.5, 0.6) is 11.5 Å². The summed E-state index contributed by atoms with van der Waals surface area (Å²) in [6.45, 7) is 0.327. The van der Waals surface area contributed by atoms with Crippen LogP contribution < -0.4 is 14.4 Å². The van der Waals surface area contributed by atoms with Crippen LogP contribution in [0.3, 0.4) is 0 Å². The second-order valence-corrected chi connectivity index (χ2v) is 6.15. The van der Waals surface area contributed by atoms with Crippen molar-refractivity contribution in [2.75, 3.05) is 33.2 Å². The van der Waals surface area contributed by atoms with Gasteiger partial charge in [0.25, 0.3) is 0 Å². The van der Waals surface area contributed by atoms with Crippen LogP contribution in [0.1, 0.15) is 11.1 Å². The number of anilines is 1. The second kappa shape index (κ2) is 8.59. The van der Waals surface area contributed by atoms with Crippen molar-refractivity contribution in [2.45, 2.75) is 6.61 Å². The van der Waals surface area contributed by atoms with Crippen molar-refractivity contribution < 1.29 is 14.3 Å². The highest BCUT2D eigenvalue weighted by Gasteiger charge is 2.09. The fraction of sp³-hybridized carbons (Fsp3) is 0.278. The number of hydrogen-bond acceptors (Lipinski definition) is 5. The lowest BCUT2D eigenvalue weighted by atomic mass is 10.2. The van der Waals surface area contributed by atoms with Gasteiger partial charge < -0.3 is 19.2 Å². The number of oxime groups is 1. The van der Waals surface area contributed by atoms with Gasteiger partial charge in [-0.2, -0.15) is 0 Å². The zero-order chi connectivity index (χ0) is 17.5. The Morgan fingerprint density at radius 3 is 2.25 bits per heavy atom. The van der Waals surface area contributed by atoms with Gasteiger partial charge in [0.05, 0.1) is 20.4 Å². The third kappa shape index (κ3) is 4.64. The molecule has 0 fully saturated rings. The summed E-state index contributed by atoms with van der Waals surface area (Å²) in [4.78, 5) is 7.44. The molecule has 2 aromatic carbocycles. The predicted octanol–water partition coefficient (Wildman–Crippen LogP) is 4.08. The smallest absolute Gasteiger partial charge is 0.161 e. The van der Waals surface area contributed by atoms with Gasteiger partial charge in [0.1, 0.15) is 6.61 Å². The number of rotatable bonds is 7. The Kier molecular flexibility index (Phi) is 6.49. The van der Waals surface area contributed by atoms with E-state index in [1.54, 1.807) is 20.4 Å². The van der Waals surface area contributed by atoms with Crippen LogP contribution in [0.25, 0.3) is 0 Å². The van der Waals surface area contributed by atoms with Crippen molar-refractivity contribution in [1.82, 2.24) is 0 Å². The number of ether oxygens (including phenoxy) is 2. The first-order valence-electron chi connectivity index (χ1n) is 7.38. The van der Waals surface area contributed by atoms with E-state index in [2.05, 4.69) is 21.1 Å². The van der Waals surface area contributed by atoms with Gasteiger partial charge in [-0.1, -0.05) is 33.2 Å². The van der Waals surface area contributed by atoms with Crippen LogP contribution in [-0.2, 0) is 11.4 Å². The molecule has 128 valence electrons. The van der Waals surface area contributed by atoms with Crippen molar-refractivity contribution in [2.24, 2.45) is 5.16 Å². The monoisotopic (exact) mass is 392 g/mol. The molecule has 0 heterocycles. The lowest BCUT2D eigenvalue weighted by molar-refractivity contribution is 0.131. The molecule has 2 rings (SSSR count). The van der Waals surface area contributed by atoms with E-state index < -0.39 is 0 Å². The second-order valence-electron chi connectivity index (χ2n) is 5.29. The van der Waals surface area contributed by atoms with Crippen LogP contribution in [-0.4, -0.2) is 34.5 Å². The van der Waals surface area contributed by atoms with E-state index in [9.17, 15) is 0 Å². The highest BCUT2D eigenvalue weighted by Crippen LogP contribution is 2.33. The standard InChI is InChI=1S/C18H21BrN2O3/c1-21(2)15-7-5-13(6-8-15)11-20-24-12-14-9-17(22-3)18(23-4)10-16(14)19/h5-11H,12H2,1-4H3/b20-11+. The van der Waals surface area contributed by atoms with Crippen molar-refractivity contribution in [3.8, 4) is 11.5 Å². The van der Waals surface area contributed by atoms with E-state index in [-0.39, 0.29) is 0 Å². The Morgan fingerprint density at radius 2 is 1.67 bits per heavy atom. The SMILES string of the molecule is COc1cc(Br)c(CO/N=C/c2ccc(N(C)C)cc2)cc1OC. The fourth-order valence-corrected chi connectivity index (χ4v) is 2.51. The summed E-state index contributed by atoms with van der Waals surface area (Å²) in [6, 6.07) is 11.8. The Bertz CT molecular complexity index is 700. The van der Waals surface area contributed by atoms with Gasteiger partial charge >= 0.3 is 0 Å². The summed E-state index contributed by atoms with van der Waals surface area (Å²) in [5.74, 6) is 1.32. The number of halogens is 1. The van der Waals surface area contributed by atoms with Gasteiger partial charge in [0, 0.05) is 29.8 Å². The maximum absolute atomic E-state index is 5.39. The maximum atomic E-state index is 5.39. The van der Waals surface area contributed by atoms with E-state index in [1.807, 2.05) is 55.4 Å². The van der Waals surface area contributed by atoms with Gasteiger partial charge in [-0.3, -0.25) is 0 Å². The fourth-order valence-electron chi connectivity index (χ4n) is 2.07. The van der Waals surface area contributed by atoms with Crippen molar-refractivity contribution >= 4 is 27.8 Å². The van der Waals surface area contributed by atoms with Crippen molar-refractivity contribution in [3.63, 3.8) is 0 Å². The van der Waals surface area contributed by atoms with Gasteiger partial charge in [-0.05, 0) is 29.8 Å². The first kappa shape index (κ1) is 18.1. The Morgan fingerprint density at radius 1 is 1.04 bits per heavy atom. The van der Waals surface area contributed by atoms with Gasteiger partial charge in [0.15, 0.2) is 11.5 Å². The molecule has 0 amide bonds. The van der Waals surface area contributed by atoms with E-state index in [1.165, 1.54) is 0 Å². The molecular formula is C18H21BrN2O3. The molecule has 0 aromatic heterocycles. The molecule has 6 heteroatoms. The first-order valence-corrected chi connectivity index (χ1v) is 8.17. The minimum Gasteiger partial charge on any atom is -0.493 e. The molecule has 0 saturated carbocycles. The highest BCUT2D eigenvalue weighted by atomic mass is 79.9. The topological polar surface area (TPSA) is 43.3 Å². The summed E-state index contributed by atoms with van der Waals surface area (Å²) in [6.07, 6.45) is 1.69. The van der Waals surface area contributed by atoms with Crippen LogP contribution in [0.15, 0.2) is 46.0 Å². The Labute approximate surface area is 150 Å². The largest absolute Gasteiger partial charge is 0.493 e. The lowest BCUT2D eigenvalue weighted by Gasteiger charge is -2.12. The summed E-state index contributed by atoms with van der Waals surface area (Å²) < 4.78 is 11.4. The quantitative estimate of drug-likeness (QED) is 0.525. The Hall–Kier alpha value is -2.21. The van der Waals surface area contributed by atoms with Gasteiger partial charge in [-0.25, -0.2) is 0 Å². The normalized spacial score (nSPS) is 10.7. The van der Waals surface area contributed by atoms with E-state index in [0.717, 1.165) is 21.3 Å². The molecule has 0 aliphatic carbocycles. The number of benzene rings is 2. The van der Waals surface area contributed by atoms with Crippen LogP contribution in [0.4, 0.5) is 5.69 Å². The van der Waals surface area contributed by atoms with Crippen LogP contribution in [0, 0.1) is 0 Å². The lowest BCUT2D eigenvalue weighted by Crippen LogP contribution is -2.08. The van der Waals surface area contributed by atoms with Crippen molar-refractivity contribution in [1.29, 1.82) is 0 Å². The minimum absolute atomic E-state index is 0.327. The summed E-state index contributed by atoms with van der Waals surface area (Å²) in [5.41, 5.74) is 3.04. The molecule has 0 aliphatic rings. The third-order valence-electron chi connectivity index (χ3n) is 3.46. The molecule has 24 heavy (non-hydrogen) atoms. The average Bonchev–Trinajstić information content (AvgIpc) is 2.59. The van der Waals surface area contributed by atoms with Crippen LogP contribution in [0.2, 0.25) is 0 Å². The molecule has 0 N–H and O–H groups in total. The zero-order valence-electron chi connectivity index (χ0n) is 14.2. The minimum atomic E-state index is 0.327. The van der Waals surface area contributed by atoms with E-state index >= 15 is 0 Å². The van der Waals surface area contributed by atoms with E-state index in [0.29, 0.717) is 18.1 Å². The summed E-state index contributed by atoms with van der Waals surface area (Å²) >= 11 is 3.50. The van der Waals surface area contributed by atoms with E-state index in [4.69, 9.17) is 14.3 Å². The first-order chi connectivity index (χ1) is 11.5. The molecule has 0 spiro atoms. The highest BCUT2D eigenvalue weighted by molar-refractivity contribution is 9.10. The molecule has 0 saturated heterocycles. The van der Waals surface area contributed by atoms with Gasteiger partial charge in [0.2, 0.25) is 0 Å². The Balaban J connectivity index is 1.98. The zero-order valence-corrected chi connectivity index (χ0v) is 15.8. The number of methoxy groups -OCH3 is 2. The van der Waals surface area contributed by atoms with Crippen LogP contribution >= 0.6 is 15.9 Å². The molecule has 0 atom stereocenters. The molecular weight excluding hydrogens is 372 g/mol. The molecule has 0 aliphatic heterocycles. The third-order valence-corrected chi connectivity index (χ3v) is 4.20. The summed E-state index contributed by atoms with van der Waals surface area (Å²) in [7, 11) is 7.22. The molecule has 0 radical (unpaired) electrons. The van der Waals surface area contributed by atoms with Gasteiger partial charge in [-0.15, -0.1) is 0 Å². The maximum Gasteiger partial charge on any atom is 0.161 e. The average molecular weight is 393 g/mol. The molecule has 0 unspecified atom stereocenters. The van der Waals surface area contributed by atoms with Crippen molar-refractivity contribution in [3.05, 3.63) is 52.0 Å². The molecule has 0 bridgehead atoms. The number of hydrogen-bond donors (Lipinski definition) is 0. The predicted molar refractivity (Wildman–Crippen MR) is 100 cm³/mol.